The van der Waals surface area contributed by atoms with Crippen LogP contribution in [0.5, 0.6) is 0 Å². The molecular weight excluding hydrogens is 361 g/mol. The molecule has 1 unspecified atom stereocenters. The zero-order valence-corrected chi connectivity index (χ0v) is 14.4. The summed E-state index contributed by atoms with van der Waals surface area (Å²) in [6, 6.07) is 2.10. The van der Waals surface area contributed by atoms with Gasteiger partial charge in [0.2, 0.25) is 10.0 Å². The molecule has 5 nitrogen and oxygen atoms in total. The first-order chi connectivity index (χ1) is 9.73. The first-order valence-corrected chi connectivity index (χ1v) is 8.88. The smallest absolute Gasteiger partial charge is 0.246 e. The minimum atomic E-state index is -3.90. The maximum Gasteiger partial charge on any atom is 0.246 e. The van der Waals surface area contributed by atoms with E-state index in [4.69, 9.17) is 5.73 Å². The maximum absolute atomic E-state index is 14.0. The van der Waals surface area contributed by atoms with Gasteiger partial charge in [-0.1, -0.05) is 0 Å². The van der Waals surface area contributed by atoms with Gasteiger partial charge in [-0.3, -0.25) is 0 Å². The number of piperidine rings is 1. The molecule has 0 spiro atoms. The Labute approximate surface area is 133 Å². The van der Waals surface area contributed by atoms with E-state index in [0.29, 0.717) is 11.0 Å². The van der Waals surface area contributed by atoms with Crippen LogP contribution in [0.1, 0.15) is 12.8 Å². The van der Waals surface area contributed by atoms with E-state index in [1.54, 1.807) is 0 Å². The van der Waals surface area contributed by atoms with E-state index in [2.05, 4.69) is 20.8 Å². The molecule has 0 radical (unpaired) electrons. The van der Waals surface area contributed by atoms with Crippen LogP contribution in [0, 0.1) is 5.82 Å². The summed E-state index contributed by atoms with van der Waals surface area (Å²) in [5.41, 5.74) is 5.88. The molecular formula is C13H19BrFN3O2S. The van der Waals surface area contributed by atoms with Crippen LogP contribution in [0.15, 0.2) is 21.5 Å². The highest BCUT2D eigenvalue weighted by molar-refractivity contribution is 9.10. The topological polar surface area (TPSA) is 66.6 Å². The SMILES string of the molecule is CN1CCCC(N(C)S(=O)(=O)c2cc(N)c(Br)cc2F)C1. The van der Waals surface area contributed by atoms with Gasteiger partial charge in [0.1, 0.15) is 10.7 Å². The van der Waals surface area contributed by atoms with E-state index in [9.17, 15) is 12.8 Å². The quantitative estimate of drug-likeness (QED) is 0.814. The molecule has 2 rings (SSSR count). The molecule has 21 heavy (non-hydrogen) atoms. The molecule has 0 aliphatic carbocycles. The first-order valence-electron chi connectivity index (χ1n) is 6.64. The van der Waals surface area contributed by atoms with Crippen molar-refractivity contribution in [3.05, 3.63) is 22.4 Å². The number of nitrogens with two attached hydrogens (primary N) is 1. The van der Waals surface area contributed by atoms with Crippen LogP contribution in [0.25, 0.3) is 0 Å². The second-order valence-electron chi connectivity index (χ2n) is 5.38. The maximum atomic E-state index is 14.0. The Morgan fingerprint density at radius 1 is 1.48 bits per heavy atom. The molecule has 0 saturated carbocycles. The lowest BCUT2D eigenvalue weighted by Crippen LogP contribution is -2.47. The molecule has 1 heterocycles. The molecule has 0 aromatic heterocycles. The lowest BCUT2D eigenvalue weighted by Gasteiger charge is -2.35. The summed E-state index contributed by atoms with van der Waals surface area (Å²) in [4.78, 5) is 1.70. The predicted molar refractivity (Wildman–Crippen MR) is 84.0 cm³/mol. The number of halogens is 2. The number of anilines is 1. The summed E-state index contributed by atoms with van der Waals surface area (Å²) in [5.74, 6) is -0.799. The van der Waals surface area contributed by atoms with Crippen molar-refractivity contribution in [2.45, 2.75) is 23.8 Å². The van der Waals surface area contributed by atoms with Crippen molar-refractivity contribution in [3.63, 3.8) is 0 Å². The first kappa shape index (κ1) is 16.7. The zero-order chi connectivity index (χ0) is 15.8. The molecule has 1 fully saturated rings. The molecule has 1 atom stereocenters. The summed E-state index contributed by atoms with van der Waals surface area (Å²) >= 11 is 3.09. The molecule has 2 N–H and O–H groups in total. The minimum Gasteiger partial charge on any atom is -0.398 e. The van der Waals surface area contributed by atoms with Crippen molar-refractivity contribution >= 4 is 31.6 Å². The number of sulfonamides is 1. The van der Waals surface area contributed by atoms with Crippen LogP contribution in [0.2, 0.25) is 0 Å². The molecule has 0 bridgehead atoms. The van der Waals surface area contributed by atoms with Gasteiger partial charge >= 0.3 is 0 Å². The van der Waals surface area contributed by atoms with Gasteiger partial charge in [-0.25, -0.2) is 12.8 Å². The standard InChI is InChI=1S/C13H19BrFN3O2S/c1-17-5-3-4-9(8-17)18(2)21(19,20)13-7-12(16)10(14)6-11(13)15/h6-7,9H,3-5,8,16H2,1-2H3. The lowest BCUT2D eigenvalue weighted by molar-refractivity contribution is 0.187. The molecule has 1 saturated heterocycles. The van der Waals surface area contributed by atoms with Gasteiger partial charge in [-0.2, -0.15) is 4.31 Å². The van der Waals surface area contributed by atoms with E-state index in [1.165, 1.54) is 11.4 Å². The number of likely N-dealkylation sites (N-methyl/N-ethyl adjacent to an activating group) is 2. The number of likely N-dealkylation sites (tertiary alicyclic amines) is 1. The third kappa shape index (κ3) is 3.39. The normalized spacial score (nSPS) is 20.9. The van der Waals surface area contributed by atoms with E-state index in [1.807, 2.05) is 7.05 Å². The Morgan fingerprint density at radius 3 is 2.76 bits per heavy atom. The Hall–Kier alpha value is -0.700. The number of benzene rings is 1. The molecule has 1 aliphatic heterocycles. The third-order valence-corrected chi connectivity index (χ3v) is 6.43. The Morgan fingerprint density at radius 2 is 2.14 bits per heavy atom. The molecule has 0 amide bonds. The fourth-order valence-corrected chi connectivity index (χ4v) is 4.30. The Balaban J connectivity index is 2.35. The second kappa shape index (κ2) is 6.20. The van der Waals surface area contributed by atoms with E-state index in [0.717, 1.165) is 31.5 Å². The molecule has 1 aromatic carbocycles. The number of rotatable bonds is 3. The van der Waals surface area contributed by atoms with Crippen molar-refractivity contribution in [1.82, 2.24) is 9.21 Å². The summed E-state index contributed by atoms with van der Waals surface area (Å²) in [6.45, 7) is 1.59. The summed E-state index contributed by atoms with van der Waals surface area (Å²) in [5, 5.41) is 0. The van der Waals surface area contributed by atoms with Crippen LogP contribution >= 0.6 is 15.9 Å². The van der Waals surface area contributed by atoms with Crippen molar-refractivity contribution in [3.8, 4) is 0 Å². The number of hydrogen-bond acceptors (Lipinski definition) is 4. The van der Waals surface area contributed by atoms with Crippen molar-refractivity contribution in [2.24, 2.45) is 0 Å². The molecule has 118 valence electrons. The van der Waals surface area contributed by atoms with Gasteiger partial charge in [0.05, 0.1) is 0 Å². The summed E-state index contributed by atoms with van der Waals surface area (Å²) in [6.07, 6.45) is 1.69. The largest absolute Gasteiger partial charge is 0.398 e. The van der Waals surface area contributed by atoms with Crippen LogP contribution < -0.4 is 5.73 Å². The van der Waals surface area contributed by atoms with Gasteiger partial charge in [-0.15, -0.1) is 0 Å². The average molecular weight is 380 g/mol. The highest BCUT2D eigenvalue weighted by atomic mass is 79.9. The van der Waals surface area contributed by atoms with Crippen LogP contribution in [0.3, 0.4) is 0 Å². The monoisotopic (exact) mass is 379 g/mol. The van der Waals surface area contributed by atoms with E-state index < -0.39 is 15.8 Å². The Kier molecular flexibility index (Phi) is 4.92. The fraction of sp³-hybridized carbons (Fsp3) is 0.538. The van der Waals surface area contributed by atoms with Gasteiger partial charge in [-0.05, 0) is 54.5 Å². The third-order valence-electron chi connectivity index (χ3n) is 3.82. The van der Waals surface area contributed by atoms with E-state index >= 15 is 0 Å². The van der Waals surface area contributed by atoms with Gasteiger partial charge in [0.15, 0.2) is 0 Å². The average Bonchev–Trinajstić information content (AvgIpc) is 2.41. The van der Waals surface area contributed by atoms with E-state index in [-0.39, 0.29) is 16.6 Å². The number of hydrogen-bond donors (Lipinski definition) is 1. The van der Waals surface area contributed by atoms with Crippen LogP contribution in [0.4, 0.5) is 10.1 Å². The predicted octanol–water partition coefficient (Wildman–Crippen LogP) is 1.89. The van der Waals surface area contributed by atoms with Crippen molar-refractivity contribution < 1.29 is 12.8 Å². The minimum absolute atomic E-state index is 0.155. The van der Waals surface area contributed by atoms with Crippen LogP contribution in [-0.2, 0) is 10.0 Å². The molecule has 8 heteroatoms. The summed E-state index contributed by atoms with van der Waals surface area (Å²) < 4.78 is 40.9. The Bertz CT molecular complexity index is 639. The van der Waals surface area contributed by atoms with Gasteiger partial charge in [0, 0.05) is 29.8 Å². The highest BCUT2D eigenvalue weighted by Gasteiger charge is 2.32. The van der Waals surface area contributed by atoms with Crippen molar-refractivity contribution in [1.29, 1.82) is 0 Å². The number of nitrogens with zero attached hydrogens (tertiary/aromatic N) is 2. The van der Waals surface area contributed by atoms with Crippen molar-refractivity contribution in [2.75, 3.05) is 32.9 Å². The number of nitrogen functional groups attached to an aromatic ring is 1. The lowest BCUT2D eigenvalue weighted by atomic mass is 10.1. The van der Waals surface area contributed by atoms with Crippen LogP contribution in [-0.4, -0.2) is 50.8 Å². The second-order valence-corrected chi connectivity index (χ2v) is 8.20. The highest BCUT2D eigenvalue weighted by Crippen LogP contribution is 2.29. The molecule has 1 aromatic rings. The van der Waals surface area contributed by atoms with Gasteiger partial charge in [0.25, 0.3) is 0 Å². The zero-order valence-electron chi connectivity index (χ0n) is 12.0. The molecule has 1 aliphatic rings. The fourth-order valence-electron chi connectivity index (χ4n) is 2.53. The summed E-state index contributed by atoms with van der Waals surface area (Å²) in [7, 11) is -0.455. The van der Waals surface area contributed by atoms with Gasteiger partial charge < -0.3 is 10.6 Å².